The van der Waals surface area contributed by atoms with Gasteiger partial charge in [0.1, 0.15) is 18.5 Å². The first-order valence-electron chi connectivity index (χ1n) is 8.06. The summed E-state index contributed by atoms with van der Waals surface area (Å²) in [7, 11) is 0. The average molecular weight is 345 g/mol. The van der Waals surface area contributed by atoms with Gasteiger partial charge < -0.3 is 15.2 Å². The fourth-order valence-electron chi connectivity index (χ4n) is 2.86. The van der Waals surface area contributed by atoms with Gasteiger partial charge in [-0.05, 0) is 31.4 Å². The second kappa shape index (κ2) is 8.37. The van der Waals surface area contributed by atoms with Crippen LogP contribution in [0.1, 0.15) is 25.7 Å². The van der Waals surface area contributed by atoms with Crippen LogP contribution in [0.2, 0.25) is 0 Å². The number of halogens is 3. The van der Waals surface area contributed by atoms with Crippen LogP contribution in [0.5, 0.6) is 5.75 Å². The lowest BCUT2D eigenvalue weighted by Gasteiger charge is -2.29. The van der Waals surface area contributed by atoms with Crippen LogP contribution < -0.4 is 10.1 Å². The van der Waals surface area contributed by atoms with Gasteiger partial charge in [-0.1, -0.05) is 24.6 Å². The molecule has 0 saturated heterocycles. The first kappa shape index (κ1) is 18.6. The Kier molecular flexibility index (Phi) is 6.48. The minimum Gasteiger partial charge on any atom is -0.491 e. The number of ether oxygens (including phenoxy) is 1. The lowest BCUT2D eigenvalue weighted by Crippen LogP contribution is -2.41. The molecule has 4 nitrogen and oxygen atoms in total. The van der Waals surface area contributed by atoms with Crippen molar-refractivity contribution in [2.24, 2.45) is 11.8 Å². The summed E-state index contributed by atoms with van der Waals surface area (Å²) >= 11 is 0. The van der Waals surface area contributed by atoms with Gasteiger partial charge in [0, 0.05) is 12.5 Å². The number of benzene rings is 1. The predicted molar refractivity (Wildman–Crippen MR) is 82.5 cm³/mol. The van der Waals surface area contributed by atoms with Crippen molar-refractivity contribution in [3.63, 3.8) is 0 Å². The van der Waals surface area contributed by atoms with Gasteiger partial charge in [-0.25, -0.2) is 0 Å². The Bertz CT molecular complexity index is 522. The van der Waals surface area contributed by atoms with Crippen LogP contribution in [0.4, 0.5) is 13.2 Å². The summed E-state index contributed by atoms with van der Waals surface area (Å²) in [4.78, 5) is 12.0. The standard InChI is InChI=1S/C17H22F3NO3/c18-17(19,20)13-6-4-5-12(9-13)16(23)21-10-14(22)11-24-15-7-2-1-3-8-15/h1-3,7-8,12-14,22H,4-6,9-11H2,(H,21,23)/t12-,13+,14-/m0/s1. The highest BCUT2D eigenvalue weighted by molar-refractivity contribution is 5.78. The van der Waals surface area contributed by atoms with Crippen molar-refractivity contribution in [3.8, 4) is 5.75 Å². The molecule has 0 spiro atoms. The van der Waals surface area contributed by atoms with Crippen molar-refractivity contribution < 1.29 is 27.8 Å². The molecule has 1 saturated carbocycles. The molecule has 0 bridgehead atoms. The zero-order valence-corrected chi connectivity index (χ0v) is 13.3. The van der Waals surface area contributed by atoms with E-state index in [1.54, 1.807) is 24.3 Å². The highest BCUT2D eigenvalue weighted by Gasteiger charge is 2.43. The molecule has 1 aliphatic carbocycles. The Balaban J connectivity index is 1.72. The molecule has 2 N–H and O–H groups in total. The molecule has 2 rings (SSSR count). The highest BCUT2D eigenvalue weighted by atomic mass is 19.4. The third-order valence-electron chi connectivity index (χ3n) is 4.21. The van der Waals surface area contributed by atoms with E-state index in [4.69, 9.17) is 4.74 Å². The van der Waals surface area contributed by atoms with E-state index in [9.17, 15) is 23.1 Å². The summed E-state index contributed by atoms with van der Waals surface area (Å²) in [5.41, 5.74) is 0. The monoisotopic (exact) mass is 345 g/mol. The van der Waals surface area contributed by atoms with E-state index in [2.05, 4.69) is 5.32 Å². The topological polar surface area (TPSA) is 58.6 Å². The van der Waals surface area contributed by atoms with Gasteiger partial charge in [0.2, 0.25) is 5.91 Å². The van der Waals surface area contributed by atoms with Crippen molar-refractivity contribution in [3.05, 3.63) is 30.3 Å². The number of nitrogens with one attached hydrogen (secondary N) is 1. The number of hydrogen-bond acceptors (Lipinski definition) is 3. The maximum atomic E-state index is 12.8. The van der Waals surface area contributed by atoms with E-state index >= 15 is 0 Å². The smallest absolute Gasteiger partial charge is 0.391 e. The largest absolute Gasteiger partial charge is 0.491 e. The maximum absolute atomic E-state index is 12.8. The Morgan fingerprint density at radius 3 is 2.67 bits per heavy atom. The van der Waals surface area contributed by atoms with Crippen LogP contribution in [-0.4, -0.2) is 36.4 Å². The molecular weight excluding hydrogens is 323 g/mol. The second-order valence-corrected chi connectivity index (χ2v) is 6.13. The lowest BCUT2D eigenvalue weighted by atomic mass is 9.80. The van der Waals surface area contributed by atoms with Crippen LogP contribution in [0.15, 0.2) is 30.3 Å². The van der Waals surface area contributed by atoms with Crippen molar-refractivity contribution in [2.75, 3.05) is 13.2 Å². The van der Waals surface area contributed by atoms with Crippen molar-refractivity contribution in [2.45, 2.75) is 38.0 Å². The number of rotatable bonds is 6. The van der Waals surface area contributed by atoms with Crippen molar-refractivity contribution >= 4 is 5.91 Å². The number of alkyl halides is 3. The second-order valence-electron chi connectivity index (χ2n) is 6.13. The summed E-state index contributed by atoms with van der Waals surface area (Å²) in [5, 5.41) is 12.3. The van der Waals surface area contributed by atoms with Crippen molar-refractivity contribution in [1.82, 2.24) is 5.32 Å². The number of para-hydroxylation sites is 1. The Morgan fingerprint density at radius 2 is 2.00 bits per heavy atom. The summed E-state index contributed by atoms with van der Waals surface area (Å²) in [6.07, 6.45) is -4.41. The third-order valence-corrected chi connectivity index (χ3v) is 4.21. The average Bonchev–Trinajstić information content (AvgIpc) is 2.58. The summed E-state index contributed by atoms with van der Waals surface area (Å²) in [5.74, 6) is -1.88. The first-order valence-corrected chi connectivity index (χ1v) is 8.06. The van der Waals surface area contributed by atoms with E-state index in [0.717, 1.165) is 0 Å². The van der Waals surface area contributed by atoms with Gasteiger partial charge in [0.15, 0.2) is 0 Å². The van der Waals surface area contributed by atoms with Crippen LogP contribution in [-0.2, 0) is 4.79 Å². The molecule has 7 heteroatoms. The SMILES string of the molecule is O=C(NC[C@H](O)COc1ccccc1)[C@H]1CCC[C@@H](C(F)(F)F)C1. The maximum Gasteiger partial charge on any atom is 0.391 e. The lowest BCUT2D eigenvalue weighted by molar-refractivity contribution is -0.186. The Labute approximate surface area is 139 Å². The normalized spacial score (nSPS) is 22.7. The van der Waals surface area contributed by atoms with Gasteiger partial charge in [0.25, 0.3) is 0 Å². The van der Waals surface area contributed by atoms with Gasteiger partial charge in [0.05, 0.1) is 5.92 Å². The fraction of sp³-hybridized carbons (Fsp3) is 0.588. The number of aliphatic hydroxyl groups excluding tert-OH is 1. The Hall–Kier alpha value is -1.76. The van der Waals surface area contributed by atoms with E-state index in [0.29, 0.717) is 18.6 Å². The quantitative estimate of drug-likeness (QED) is 0.833. The highest BCUT2D eigenvalue weighted by Crippen LogP contribution is 2.39. The Morgan fingerprint density at radius 1 is 1.29 bits per heavy atom. The molecule has 24 heavy (non-hydrogen) atoms. The van der Waals surface area contributed by atoms with E-state index in [1.807, 2.05) is 6.07 Å². The first-order chi connectivity index (χ1) is 11.4. The van der Waals surface area contributed by atoms with Crippen LogP contribution in [0, 0.1) is 11.8 Å². The molecule has 0 radical (unpaired) electrons. The molecule has 0 aliphatic heterocycles. The molecule has 1 aliphatic rings. The molecule has 1 amide bonds. The molecule has 3 atom stereocenters. The molecule has 0 aromatic heterocycles. The fourth-order valence-corrected chi connectivity index (χ4v) is 2.86. The molecule has 1 fully saturated rings. The van der Waals surface area contributed by atoms with E-state index in [1.165, 1.54) is 0 Å². The number of carbonyl (C=O) groups is 1. The van der Waals surface area contributed by atoms with Crippen LogP contribution >= 0.6 is 0 Å². The van der Waals surface area contributed by atoms with Crippen LogP contribution in [0.25, 0.3) is 0 Å². The van der Waals surface area contributed by atoms with Gasteiger partial charge in [-0.15, -0.1) is 0 Å². The minimum absolute atomic E-state index is 0.000135. The van der Waals surface area contributed by atoms with Crippen LogP contribution in [0.3, 0.4) is 0 Å². The number of hydrogen-bond donors (Lipinski definition) is 2. The molecule has 0 heterocycles. The van der Waals surface area contributed by atoms with Gasteiger partial charge in [-0.3, -0.25) is 4.79 Å². The number of aliphatic hydroxyl groups is 1. The zero-order valence-electron chi connectivity index (χ0n) is 13.3. The number of amides is 1. The molecule has 1 aromatic carbocycles. The summed E-state index contributed by atoms with van der Waals surface area (Å²) in [6, 6.07) is 8.91. The zero-order chi connectivity index (χ0) is 17.6. The van der Waals surface area contributed by atoms with E-state index < -0.39 is 30.0 Å². The third kappa shape index (κ3) is 5.70. The molecule has 0 unspecified atom stereocenters. The number of carbonyl (C=O) groups excluding carboxylic acids is 1. The minimum atomic E-state index is -4.25. The molecular formula is C17H22F3NO3. The van der Waals surface area contributed by atoms with E-state index in [-0.39, 0.29) is 26.0 Å². The summed E-state index contributed by atoms with van der Waals surface area (Å²) < 4.78 is 43.7. The van der Waals surface area contributed by atoms with Gasteiger partial charge >= 0.3 is 6.18 Å². The van der Waals surface area contributed by atoms with Crippen molar-refractivity contribution in [1.29, 1.82) is 0 Å². The molecule has 1 aromatic rings. The summed E-state index contributed by atoms with van der Waals surface area (Å²) in [6.45, 7) is -0.0427. The molecule has 134 valence electrons. The van der Waals surface area contributed by atoms with Gasteiger partial charge in [-0.2, -0.15) is 13.2 Å². The predicted octanol–water partition coefficient (Wildman–Crippen LogP) is 2.91.